The third kappa shape index (κ3) is 5.27. The van der Waals surface area contributed by atoms with E-state index in [9.17, 15) is 8.42 Å². The van der Waals surface area contributed by atoms with Gasteiger partial charge in [-0.1, -0.05) is 20.8 Å². The van der Waals surface area contributed by atoms with Gasteiger partial charge in [0.05, 0.1) is 5.75 Å². The molecule has 0 saturated carbocycles. The van der Waals surface area contributed by atoms with Crippen molar-refractivity contribution in [2.45, 2.75) is 34.1 Å². The largest absolute Gasteiger partial charge is 0.304 e. The van der Waals surface area contributed by atoms with Crippen LogP contribution in [0.5, 0.6) is 0 Å². The first-order chi connectivity index (χ1) is 7.51. The van der Waals surface area contributed by atoms with Crippen LogP contribution in [-0.4, -0.2) is 56.1 Å². The van der Waals surface area contributed by atoms with E-state index >= 15 is 0 Å². The summed E-state index contributed by atoms with van der Waals surface area (Å²) >= 11 is 0. The number of nitrogens with zero attached hydrogens (tertiary/aromatic N) is 2. The van der Waals surface area contributed by atoms with Crippen LogP contribution in [0, 0.1) is 0 Å². The Morgan fingerprint density at radius 2 is 1.44 bits per heavy atom. The summed E-state index contributed by atoms with van der Waals surface area (Å²) in [7, 11) is -3.01. The lowest BCUT2D eigenvalue weighted by molar-refractivity contribution is 0.285. The van der Waals surface area contributed by atoms with E-state index in [0.717, 1.165) is 26.1 Å². The molecule has 0 fully saturated rings. The average Bonchev–Trinajstić information content (AvgIpc) is 2.29. The van der Waals surface area contributed by atoms with E-state index in [2.05, 4.69) is 18.7 Å². The highest BCUT2D eigenvalue weighted by molar-refractivity contribution is 7.89. The lowest BCUT2D eigenvalue weighted by Gasteiger charge is -2.22. The molecule has 5 heteroatoms. The Bertz CT molecular complexity index is 261. The van der Waals surface area contributed by atoms with E-state index in [1.54, 1.807) is 11.2 Å². The molecular weight excluding hydrogens is 224 g/mol. The van der Waals surface area contributed by atoms with Crippen molar-refractivity contribution in [2.24, 2.45) is 0 Å². The normalized spacial score (nSPS) is 12.6. The Labute approximate surface area is 101 Å². The summed E-state index contributed by atoms with van der Waals surface area (Å²) in [5.74, 6) is 0.201. The van der Waals surface area contributed by atoms with Crippen molar-refractivity contribution in [2.75, 3.05) is 38.5 Å². The summed E-state index contributed by atoms with van der Waals surface area (Å²) in [6, 6.07) is 0. The molecule has 0 rings (SSSR count). The van der Waals surface area contributed by atoms with E-state index < -0.39 is 10.0 Å². The predicted molar refractivity (Wildman–Crippen MR) is 69.1 cm³/mol. The van der Waals surface area contributed by atoms with Gasteiger partial charge in [-0.15, -0.1) is 0 Å². The molecule has 16 heavy (non-hydrogen) atoms. The molecule has 0 N–H and O–H groups in total. The maximum atomic E-state index is 11.7. The van der Waals surface area contributed by atoms with Crippen LogP contribution in [0.15, 0.2) is 0 Å². The van der Waals surface area contributed by atoms with Crippen LogP contribution in [-0.2, 0) is 10.0 Å². The van der Waals surface area contributed by atoms with Crippen LogP contribution < -0.4 is 0 Å². The zero-order valence-corrected chi connectivity index (χ0v) is 11.9. The Morgan fingerprint density at radius 3 is 1.81 bits per heavy atom. The fourth-order valence-electron chi connectivity index (χ4n) is 1.69. The average molecular weight is 250 g/mol. The van der Waals surface area contributed by atoms with Gasteiger partial charge >= 0.3 is 0 Å². The van der Waals surface area contributed by atoms with Crippen molar-refractivity contribution in [1.82, 2.24) is 9.21 Å². The van der Waals surface area contributed by atoms with Crippen molar-refractivity contribution in [1.29, 1.82) is 0 Å². The third-order valence-corrected chi connectivity index (χ3v) is 4.84. The van der Waals surface area contributed by atoms with Gasteiger partial charge in [0.15, 0.2) is 0 Å². The molecule has 0 aliphatic carbocycles. The summed E-state index contributed by atoms with van der Waals surface area (Å²) in [6.45, 7) is 12.1. The van der Waals surface area contributed by atoms with E-state index in [4.69, 9.17) is 0 Å². The summed E-state index contributed by atoms with van der Waals surface area (Å²) in [6.07, 6.45) is 0.911. The molecule has 0 aliphatic heterocycles. The van der Waals surface area contributed by atoms with Gasteiger partial charge in [0, 0.05) is 13.1 Å². The topological polar surface area (TPSA) is 40.6 Å². The van der Waals surface area contributed by atoms with Gasteiger partial charge in [-0.25, -0.2) is 12.7 Å². The van der Waals surface area contributed by atoms with Crippen molar-refractivity contribution in [3.8, 4) is 0 Å². The number of hydrogen-bond donors (Lipinski definition) is 0. The first-order valence-corrected chi connectivity index (χ1v) is 7.82. The highest BCUT2D eigenvalue weighted by atomic mass is 32.2. The van der Waals surface area contributed by atoms with Crippen LogP contribution in [0.3, 0.4) is 0 Å². The van der Waals surface area contributed by atoms with E-state index in [1.165, 1.54) is 0 Å². The maximum absolute atomic E-state index is 11.7. The molecule has 0 aromatic carbocycles. The minimum absolute atomic E-state index is 0.201. The second kappa shape index (κ2) is 8.03. The highest BCUT2D eigenvalue weighted by Gasteiger charge is 2.17. The molecule has 0 amide bonds. The summed E-state index contributed by atoms with van der Waals surface area (Å²) < 4.78 is 24.9. The molecule has 0 unspecified atom stereocenters. The lowest BCUT2D eigenvalue weighted by atomic mass is 10.3. The zero-order valence-electron chi connectivity index (χ0n) is 11.1. The van der Waals surface area contributed by atoms with Crippen LogP contribution in [0.25, 0.3) is 0 Å². The molecule has 0 spiro atoms. The van der Waals surface area contributed by atoms with Gasteiger partial charge < -0.3 is 4.90 Å². The molecule has 0 aliphatic rings. The van der Waals surface area contributed by atoms with Gasteiger partial charge in [-0.05, 0) is 33.0 Å². The van der Waals surface area contributed by atoms with Gasteiger partial charge in [0.1, 0.15) is 0 Å². The quantitative estimate of drug-likeness (QED) is 0.621. The fraction of sp³-hybridized carbons (Fsp3) is 1.00. The molecule has 0 aromatic heterocycles. The van der Waals surface area contributed by atoms with Gasteiger partial charge in [-0.2, -0.15) is 0 Å². The Hall–Kier alpha value is -0.130. The number of hydrogen-bond acceptors (Lipinski definition) is 3. The van der Waals surface area contributed by atoms with Crippen molar-refractivity contribution < 1.29 is 8.42 Å². The first-order valence-electron chi connectivity index (χ1n) is 6.21. The summed E-state index contributed by atoms with van der Waals surface area (Å²) in [5.41, 5.74) is 0. The third-order valence-electron chi connectivity index (χ3n) is 2.89. The van der Waals surface area contributed by atoms with Crippen LogP contribution in [0.1, 0.15) is 34.1 Å². The van der Waals surface area contributed by atoms with Crippen molar-refractivity contribution in [3.05, 3.63) is 0 Å². The number of sulfonamides is 1. The SMILES string of the molecule is CCN(CC)CCCN(CC)S(=O)(=O)CC. The van der Waals surface area contributed by atoms with Crippen molar-refractivity contribution in [3.63, 3.8) is 0 Å². The number of rotatable bonds is 9. The van der Waals surface area contributed by atoms with Crippen LogP contribution in [0.2, 0.25) is 0 Å². The molecule has 0 atom stereocenters. The predicted octanol–water partition coefficient (Wildman–Crippen LogP) is 1.39. The van der Waals surface area contributed by atoms with Gasteiger partial charge in [-0.3, -0.25) is 0 Å². The Kier molecular flexibility index (Phi) is 7.97. The minimum atomic E-state index is -3.01. The summed E-state index contributed by atoms with van der Waals surface area (Å²) in [5, 5.41) is 0. The van der Waals surface area contributed by atoms with Crippen molar-refractivity contribution >= 4 is 10.0 Å². The Balaban J connectivity index is 4.07. The molecule has 98 valence electrons. The highest BCUT2D eigenvalue weighted by Crippen LogP contribution is 2.03. The smallest absolute Gasteiger partial charge is 0.213 e. The Morgan fingerprint density at radius 1 is 0.875 bits per heavy atom. The molecule has 0 bridgehead atoms. The van der Waals surface area contributed by atoms with E-state index in [-0.39, 0.29) is 5.75 Å². The monoisotopic (exact) mass is 250 g/mol. The van der Waals surface area contributed by atoms with Gasteiger partial charge in [0.25, 0.3) is 0 Å². The van der Waals surface area contributed by atoms with Gasteiger partial charge in [0.2, 0.25) is 10.0 Å². The molecule has 0 radical (unpaired) electrons. The second-order valence-electron chi connectivity index (χ2n) is 3.77. The maximum Gasteiger partial charge on any atom is 0.213 e. The van der Waals surface area contributed by atoms with Crippen LogP contribution in [0.4, 0.5) is 0 Å². The second-order valence-corrected chi connectivity index (χ2v) is 6.03. The lowest BCUT2D eigenvalue weighted by Crippen LogP contribution is -2.35. The summed E-state index contributed by atoms with van der Waals surface area (Å²) in [4.78, 5) is 2.31. The first kappa shape index (κ1) is 15.9. The van der Waals surface area contributed by atoms with Crippen LogP contribution >= 0.6 is 0 Å². The standard InChI is InChI=1S/C11H26N2O2S/c1-5-12(6-2)10-9-11-13(7-3)16(14,15)8-4/h5-11H2,1-4H3. The zero-order chi connectivity index (χ0) is 12.6. The minimum Gasteiger partial charge on any atom is -0.304 e. The molecule has 0 saturated heterocycles. The molecule has 0 aromatic rings. The molecule has 4 nitrogen and oxygen atoms in total. The van der Waals surface area contributed by atoms with E-state index in [1.807, 2.05) is 6.92 Å². The fourth-order valence-corrected chi connectivity index (χ4v) is 2.85. The molecular formula is C11H26N2O2S. The van der Waals surface area contributed by atoms with E-state index in [0.29, 0.717) is 13.1 Å². The molecule has 0 heterocycles.